The number of pyridine rings is 2. The van der Waals surface area contributed by atoms with Crippen molar-refractivity contribution in [1.82, 2.24) is 9.97 Å². The number of alkyl halides is 7. The third-order valence-corrected chi connectivity index (χ3v) is 7.08. The summed E-state index contributed by atoms with van der Waals surface area (Å²) in [5.41, 5.74) is -4.05. The molecule has 1 aliphatic heterocycles. The number of aromatic nitrogens is 2. The van der Waals surface area contributed by atoms with Crippen LogP contribution < -0.4 is 5.01 Å². The maximum absolute atomic E-state index is 13.2. The van der Waals surface area contributed by atoms with Gasteiger partial charge in [-0.15, -0.1) is 0 Å². The summed E-state index contributed by atoms with van der Waals surface area (Å²) in [7, 11) is 0. The molecule has 0 radical (unpaired) electrons. The van der Waals surface area contributed by atoms with Crippen LogP contribution in [-0.4, -0.2) is 36.5 Å². The Balaban J connectivity index is 2.11. The third-order valence-electron chi connectivity index (χ3n) is 5.76. The summed E-state index contributed by atoms with van der Waals surface area (Å²) in [5.74, 6) is -0.551. The van der Waals surface area contributed by atoms with E-state index in [-0.39, 0.29) is 17.0 Å². The molecule has 6 nitrogen and oxygen atoms in total. The number of halogens is 7. The highest BCUT2D eigenvalue weighted by molar-refractivity contribution is 14.1. The fraction of sp³-hybridized carbons (Fsp3) is 0.450. The highest BCUT2D eigenvalue weighted by Gasteiger charge is 2.58. The Kier molecular flexibility index (Phi) is 6.97. The number of anilines is 1. The van der Waals surface area contributed by atoms with E-state index < -0.39 is 47.1 Å². The quantitative estimate of drug-likeness (QED) is 0.298. The summed E-state index contributed by atoms with van der Waals surface area (Å²) < 4.78 is 79.4. The number of rotatable bonds is 5. The van der Waals surface area contributed by atoms with Crippen LogP contribution in [0.5, 0.6) is 0 Å². The lowest BCUT2D eigenvalue weighted by Crippen LogP contribution is -2.52. The van der Waals surface area contributed by atoms with Crippen molar-refractivity contribution in [3.63, 3.8) is 0 Å². The van der Waals surface area contributed by atoms with Crippen LogP contribution in [0.15, 0.2) is 42.0 Å². The molecule has 0 saturated carbocycles. The minimum absolute atomic E-state index is 0.140. The minimum Gasteiger partial charge on any atom is -0.387 e. The highest BCUT2D eigenvalue weighted by atomic mass is 127. The molecule has 2 aromatic rings. The van der Waals surface area contributed by atoms with E-state index in [1.165, 1.54) is 6.92 Å². The number of hydrogen-bond acceptors (Lipinski definition) is 6. The van der Waals surface area contributed by atoms with Crippen LogP contribution in [0.1, 0.15) is 36.6 Å². The number of aliphatic hydroxyl groups is 2. The summed E-state index contributed by atoms with van der Waals surface area (Å²) in [5, 5.41) is 27.6. The van der Waals surface area contributed by atoms with E-state index in [2.05, 4.69) is 15.1 Å². The van der Waals surface area contributed by atoms with Gasteiger partial charge in [-0.3, -0.25) is 9.97 Å². The van der Waals surface area contributed by atoms with Crippen LogP contribution in [0.25, 0.3) is 0 Å². The van der Waals surface area contributed by atoms with Crippen molar-refractivity contribution in [3.8, 4) is 0 Å². The molecule has 33 heavy (non-hydrogen) atoms. The molecule has 13 heteroatoms. The number of hydrazone groups is 1. The summed E-state index contributed by atoms with van der Waals surface area (Å²) in [6, 6.07) is 1.48. The van der Waals surface area contributed by atoms with Gasteiger partial charge in [-0.05, 0) is 25.0 Å². The van der Waals surface area contributed by atoms with Gasteiger partial charge < -0.3 is 10.2 Å². The van der Waals surface area contributed by atoms with E-state index in [0.717, 1.165) is 29.5 Å². The third kappa shape index (κ3) is 4.54. The Labute approximate surface area is 198 Å². The van der Waals surface area contributed by atoms with Gasteiger partial charge in [0, 0.05) is 34.3 Å². The van der Waals surface area contributed by atoms with Gasteiger partial charge in [0.05, 0.1) is 34.5 Å². The first-order valence-corrected chi connectivity index (χ1v) is 11.1. The first kappa shape index (κ1) is 25.6. The van der Waals surface area contributed by atoms with Gasteiger partial charge in [0.2, 0.25) is 0 Å². The zero-order valence-electron chi connectivity index (χ0n) is 17.2. The predicted octanol–water partition coefficient (Wildman–Crippen LogP) is 4.82. The molecule has 4 unspecified atom stereocenters. The van der Waals surface area contributed by atoms with Gasteiger partial charge in [0.25, 0.3) is 0 Å². The van der Waals surface area contributed by atoms with Gasteiger partial charge in [-0.25, -0.2) is 5.01 Å². The Morgan fingerprint density at radius 3 is 2.12 bits per heavy atom. The SMILES string of the molecule is CC1=NN(c2cncc(C(F)(F)F)c2)C(O)C1(C(C)CI)C(O)c1cncc(C(F)(F)F)c1. The van der Waals surface area contributed by atoms with E-state index >= 15 is 0 Å². The summed E-state index contributed by atoms with van der Waals surface area (Å²) >= 11 is 1.99. The van der Waals surface area contributed by atoms with Gasteiger partial charge >= 0.3 is 12.4 Å². The van der Waals surface area contributed by atoms with Crippen molar-refractivity contribution in [2.45, 2.75) is 38.5 Å². The first-order valence-electron chi connectivity index (χ1n) is 9.56. The van der Waals surface area contributed by atoms with E-state index in [0.29, 0.717) is 16.8 Å². The zero-order chi connectivity index (χ0) is 24.8. The van der Waals surface area contributed by atoms with Crippen molar-refractivity contribution in [1.29, 1.82) is 0 Å². The molecule has 4 atom stereocenters. The van der Waals surface area contributed by atoms with Gasteiger partial charge in [-0.1, -0.05) is 29.5 Å². The summed E-state index contributed by atoms with van der Waals surface area (Å²) in [4.78, 5) is 7.14. The average molecular weight is 588 g/mol. The maximum Gasteiger partial charge on any atom is 0.417 e. The minimum atomic E-state index is -4.71. The second-order valence-corrected chi connectivity index (χ2v) is 8.61. The molecule has 0 fully saturated rings. The number of nitrogens with zero attached hydrogens (tertiary/aromatic N) is 4. The molecule has 180 valence electrons. The lowest BCUT2D eigenvalue weighted by atomic mass is 9.66. The van der Waals surface area contributed by atoms with Crippen LogP contribution in [0.3, 0.4) is 0 Å². The molecule has 0 aromatic carbocycles. The molecule has 3 heterocycles. The van der Waals surface area contributed by atoms with Crippen molar-refractivity contribution >= 4 is 34.0 Å². The maximum atomic E-state index is 13.2. The zero-order valence-corrected chi connectivity index (χ0v) is 19.4. The normalized spacial score (nSPS) is 23.4. The van der Waals surface area contributed by atoms with E-state index in [1.54, 1.807) is 6.92 Å². The molecule has 0 bridgehead atoms. The van der Waals surface area contributed by atoms with Crippen molar-refractivity contribution in [3.05, 3.63) is 53.6 Å². The van der Waals surface area contributed by atoms with Gasteiger partial charge in [0.15, 0.2) is 6.23 Å². The second kappa shape index (κ2) is 8.98. The standard InChI is InChI=1S/C20H19F6IN4O2/c1-10(5-27)18(16(32)12-3-13(7-28-6-12)19(21,22)23)11(2)30-31(17(18)33)15-4-14(8-29-9-15)20(24,25)26/h3-4,6-10,16-17,32-33H,5H2,1-2H3. The molecular weight excluding hydrogens is 569 g/mol. The molecule has 2 N–H and O–H groups in total. The molecule has 3 rings (SSSR count). The molecule has 1 aliphatic rings. The van der Waals surface area contributed by atoms with Gasteiger partial charge in [-0.2, -0.15) is 31.4 Å². The van der Waals surface area contributed by atoms with Crippen LogP contribution in [-0.2, 0) is 12.4 Å². The van der Waals surface area contributed by atoms with Gasteiger partial charge in [0.1, 0.15) is 0 Å². The monoisotopic (exact) mass is 588 g/mol. The Morgan fingerprint density at radius 1 is 1.03 bits per heavy atom. The lowest BCUT2D eigenvalue weighted by Gasteiger charge is -2.42. The summed E-state index contributed by atoms with van der Waals surface area (Å²) in [6.45, 7) is 3.12. The average Bonchev–Trinajstić information content (AvgIpc) is 3.02. The molecule has 0 spiro atoms. The molecule has 0 aliphatic carbocycles. The van der Waals surface area contributed by atoms with E-state index in [4.69, 9.17) is 0 Å². The van der Waals surface area contributed by atoms with E-state index in [9.17, 15) is 36.6 Å². The molecule has 2 aromatic heterocycles. The number of aliphatic hydroxyl groups excluding tert-OH is 2. The lowest BCUT2D eigenvalue weighted by molar-refractivity contribution is -0.138. The Morgan fingerprint density at radius 2 is 1.58 bits per heavy atom. The van der Waals surface area contributed by atoms with Crippen molar-refractivity contribution in [2.75, 3.05) is 9.44 Å². The van der Waals surface area contributed by atoms with Crippen LogP contribution in [0.4, 0.5) is 32.0 Å². The van der Waals surface area contributed by atoms with Crippen LogP contribution in [0.2, 0.25) is 0 Å². The fourth-order valence-electron chi connectivity index (χ4n) is 3.98. The van der Waals surface area contributed by atoms with Crippen molar-refractivity contribution in [2.24, 2.45) is 16.4 Å². The number of hydrogen-bond donors (Lipinski definition) is 2. The highest BCUT2D eigenvalue weighted by Crippen LogP contribution is 2.51. The topological polar surface area (TPSA) is 81.8 Å². The molecule has 0 saturated heterocycles. The smallest absolute Gasteiger partial charge is 0.387 e. The fourth-order valence-corrected chi connectivity index (χ4v) is 4.71. The molecular formula is C20H19F6IN4O2. The first-order chi connectivity index (χ1) is 15.2. The second-order valence-electron chi connectivity index (χ2n) is 7.73. The Bertz CT molecular complexity index is 1050. The Hall–Kier alpha value is -2.00. The predicted molar refractivity (Wildman–Crippen MR) is 116 cm³/mol. The molecule has 0 amide bonds. The summed E-state index contributed by atoms with van der Waals surface area (Å²) in [6.07, 6.45) is -9.45. The van der Waals surface area contributed by atoms with Crippen LogP contribution >= 0.6 is 22.6 Å². The largest absolute Gasteiger partial charge is 0.417 e. The van der Waals surface area contributed by atoms with E-state index in [1.807, 2.05) is 22.6 Å². The van der Waals surface area contributed by atoms with Crippen LogP contribution in [0, 0.1) is 11.3 Å². The van der Waals surface area contributed by atoms with Crippen molar-refractivity contribution < 1.29 is 36.6 Å².